The number of rotatable bonds is 5. The fourth-order valence-corrected chi connectivity index (χ4v) is 5.54. The molecule has 2 aliphatic heterocycles. The lowest BCUT2D eigenvalue weighted by atomic mass is 10.0. The summed E-state index contributed by atoms with van der Waals surface area (Å²) < 4.78 is 20.6. The Hall–Kier alpha value is -3.76. The number of carbonyl (C=O) groups excluding carboxylic acids is 3. The predicted octanol–water partition coefficient (Wildman–Crippen LogP) is 5.84. The van der Waals surface area contributed by atoms with Gasteiger partial charge in [0.1, 0.15) is 12.4 Å². The first-order valence-corrected chi connectivity index (χ1v) is 15.0. The molecule has 43 heavy (non-hydrogen) atoms. The first-order chi connectivity index (χ1) is 20.5. The van der Waals surface area contributed by atoms with E-state index < -0.39 is 11.4 Å². The summed E-state index contributed by atoms with van der Waals surface area (Å²) in [7, 11) is 0. The number of hydrogen-bond acceptors (Lipinski definition) is 5. The van der Waals surface area contributed by atoms with Gasteiger partial charge < -0.3 is 19.9 Å². The van der Waals surface area contributed by atoms with Crippen molar-refractivity contribution in [2.45, 2.75) is 59.0 Å². The summed E-state index contributed by atoms with van der Waals surface area (Å²) in [5.74, 6) is -1.04. The van der Waals surface area contributed by atoms with E-state index in [1.165, 1.54) is 18.3 Å². The van der Waals surface area contributed by atoms with Crippen LogP contribution in [0.5, 0.6) is 0 Å². The molecule has 9 nitrogen and oxygen atoms in total. The summed E-state index contributed by atoms with van der Waals surface area (Å²) in [6.45, 7) is 12.1. The lowest BCUT2D eigenvalue weighted by Gasteiger charge is -2.40. The van der Waals surface area contributed by atoms with Crippen molar-refractivity contribution >= 4 is 35.0 Å². The van der Waals surface area contributed by atoms with Crippen molar-refractivity contribution in [1.29, 1.82) is 0 Å². The van der Waals surface area contributed by atoms with Crippen LogP contribution in [0.4, 0.5) is 10.1 Å². The van der Waals surface area contributed by atoms with Gasteiger partial charge in [-0.3, -0.25) is 19.1 Å². The second kappa shape index (κ2) is 13.7. The van der Waals surface area contributed by atoms with E-state index in [1.807, 2.05) is 39.5 Å². The van der Waals surface area contributed by atoms with Gasteiger partial charge in [0.05, 0.1) is 40.2 Å². The van der Waals surface area contributed by atoms with Gasteiger partial charge in [-0.25, -0.2) is 4.39 Å². The number of piperidine rings is 1. The van der Waals surface area contributed by atoms with E-state index in [-0.39, 0.29) is 40.9 Å². The first kappa shape index (κ1) is 32.2. The SMILES string of the molecule is CC.CC(C)(C)n1ncc(C(=O)Nc2ccc(Cl)c(C(=O)N3CCC(N4CCOCC4=O)CC3)c2)c1-c1ccc(F)cc1. The highest BCUT2D eigenvalue weighted by Crippen LogP contribution is 2.31. The number of nitrogens with zero attached hydrogens (tertiary/aromatic N) is 4. The molecule has 0 saturated carbocycles. The van der Waals surface area contributed by atoms with E-state index >= 15 is 0 Å². The van der Waals surface area contributed by atoms with Gasteiger partial charge in [0, 0.05) is 36.9 Å². The highest BCUT2D eigenvalue weighted by molar-refractivity contribution is 6.34. The molecule has 2 fully saturated rings. The van der Waals surface area contributed by atoms with Crippen molar-refractivity contribution in [3.63, 3.8) is 0 Å². The minimum absolute atomic E-state index is 0.0110. The molecule has 11 heteroatoms. The van der Waals surface area contributed by atoms with Crippen LogP contribution in [0.25, 0.3) is 11.3 Å². The molecule has 2 aromatic carbocycles. The molecule has 3 amide bonds. The van der Waals surface area contributed by atoms with Crippen LogP contribution in [-0.4, -0.2) is 76.2 Å². The molecule has 3 heterocycles. The second-order valence-electron chi connectivity index (χ2n) is 11.3. The fourth-order valence-electron chi connectivity index (χ4n) is 5.34. The van der Waals surface area contributed by atoms with Gasteiger partial charge in [0.15, 0.2) is 0 Å². The maximum absolute atomic E-state index is 13.6. The lowest BCUT2D eigenvalue weighted by molar-refractivity contribution is -0.146. The normalized spacial score (nSPS) is 16.0. The van der Waals surface area contributed by atoms with Crippen molar-refractivity contribution in [2.24, 2.45) is 0 Å². The molecular weight excluding hydrogens is 573 g/mol. The number of halogens is 2. The standard InChI is InChI=1S/C30H33ClFN5O4.C2H6/c1-30(2,3)37-27(19-4-6-20(32)7-5-19)24(17-33-37)28(39)34-21-8-9-25(31)23(16-21)29(40)35-12-10-22(11-13-35)36-14-15-41-18-26(36)38;1-2/h4-9,16-17,22H,10-15,18H2,1-3H3,(H,34,39);1-2H3. The second-order valence-corrected chi connectivity index (χ2v) is 11.7. The monoisotopic (exact) mass is 611 g/mol. The number of nitrogens with one attached hydrogen (secondary N) is 1. The third kappa shape index (κ3) is 7.25. The first-order valence-electron chi connectivity index (χ1n) is 14.6. The molecule has 0 atom stereocenters. The number of amides is 3. The number of benzene rings is 2. The molecule has 0 spiro atoms. The van der Waals surface area contributed by atoms with Crippen LogP contribution in [0.2, 0.25) is 5.02 Å². The van der Waals surface area contributed by atoms with Gasteiger partial charge >= 0.3 is 0 Å². The third-order valence-corrected chi connectivity index (χ3v) is 7.77. The highest BCUT2D eigenvalue weighted by atomic mass is 35.5. The molecular formula is C32H39ClFN5O4. The van der Waals surface area contributed by atoms with Gasteiger partial charge in [-0.2, -0.15) is 5.10 Å². The van der Waals surface area contributed by atoms with E-state index in [1.54, 1.807) is 39.9 Å². The molecule has 0 radical (unpaired) electrons. The number of ether oxygens (including phenoxy) is 1. The Balaban J connectivity index is 0.00000207. The van der Waals surface area contributed by atoms with Crippen molar-refractivity contribution in [3.05, 3.63) is 70.6 Å². The van der Waals surface area contributed by atoms with E-state index in [4.69, 9.17) is 16.3 Å². The summed E-state index contributed by atoms with van der Waals surface area (Å²) in [6, 6.07) is 10.8. The molecule has 5 rings (SSSR count). The van der Waals surface area contributed by atoms with E-state index in [0.29, 0.717) is 61.6 Å². The minimum atomic E-state index is -0.440. The van der Waals surface area contributed by atoms with Crippen molar-refractivity contribution in [1.82, 2.24) is 19.6 Å². The Morgan fingerprint density at radius 3 is 2.33 bits per heavy atom. The van der Waals surface area contributed by atoms with Crippen molar-refractivity contribution < 1.29 is 23.5 Å². The molecule has 0 aliphatic carbocycles. The third-order valence-electron chi connectivity index (χ3n) is 7.44. The van der Waals surface area contributed by atoms with Crippen LogP contribution in [0.1, 0.15) is 68.2 Å². The summed E-state index contributed by atoms with van der Waals surface area (Å²) >= 11 is 6.43. The number of anilines is 1. The Labute approximate surface area is 256 Å². The quantitative estimate of drug-likeness (QED) is 0.391. The molecule has 0 bridgehead atoms. The van der Waals surface area contributed by atoms with E-state index in [9.17, 15) is 18.8 Å². The van der Waals surface area contributed by atoms with Crippen molar-refractivity contribution in [3.8, 4) is 11.3 Å². The average Bonchev–Trinajstić information content (AvgIpc) is 3.46. The van der Waals surface area contributed by atoms with Gasteiger partial charge in [-0.05, 0) is 76.1 Å². The van der Waals surface area contributed by atoms with Crippen LogP contribution in [0.3, 0.4) is 0 Å². The van der Waals surface area contributed by atoms with Crippen LogP contribution in [0.15, 0.2) is 48.7 Å². The Morgan fingerprint density at radius 1 is 1.02 bits per heavy atom. The number of hydrogen-bond donors (Lipinski definition) is 1. The topological polar surface area (TPSA) is 96.8 Å². The van der Waals surface area contributed by atoms with Crippen LogP contribution in [0, 0.1) is 5.82 Å². The van der Waals surface area contributed by atoms with Gasteiger partial charge in [-0.15, -0.1) is 0 Å². The predicted molar refractivity (Wildman–Crippen MR) is 165 cm³/mol. The van der Waals surface area contributed by atoms with Crippen molar-refractivity contribution in [2.75, 3.05) is 38.2 Å². The molecule has 2 aliphatic rings. The maximum Gasteiger partial charge on any atom is 0.259 e. The zero-order valence-corrected chi connectivity index (χ0v) is 26.1. The van der Waals surface area contributed by atoms with Gasteiger partial charge in [-0.1, -0.05) is 25.4 Å². The number of aromatic nitrogens is 2. The summed E-state index contributed by atoms with van der Waals surface area (Å²) in [4.78, 5) is 42.7. The zero-order valence-electron chi connectivity index (χ0n) is 25.3. The molecule has 2 saturated heterocycles. The summed E-state index contributed by atoms with van der Waals surface area (Å²) in [5, 5.41) is 7.62. The lowest BCUT2D eigenvalue weighted by Crippen LogP contribution is -2.52. The Morgan fingerprint density at radius 2 is 1.70 bits per heavy atom. The largest absolute Gasteiger partial charge is 0.370 e. The van der Waals surface area contributed by atoms with Crippen LogP contribution < -0.4 is 5.32 Å². The summed E-state index contributed by atoms with van der Waals surface area (Å²) in [6.07, 6.45) is 2.84. The molecule has 1 aromatic heterocycles. The number of carbonyl (C=O) groups is 3. The Bertz CT molecular complexity index is 1460. The Kier molecular flexibility index (Phi) is 10.2. The highest BCUT2D eigenvalue weighted by Gasteiger charge is 2.32. The number of morpholine rings is 1. The van der Waals surface area contributed by atoms with Gasteiger partial charge in [0.2, 0.25) is 5.91 Å². The van der Waals surface area contributed by atoms with Crippen LogP contribution >= 0.6 is 11.6 Å². The minimum Gasteiger partial charge on any atom is -0.370 e. The average molecular weight is 612 g/mol. The smallest absolute Gasteiger partial charge is 0.259 e. The zero-order chi connectivity index (χ0) is 31.3. The fraction of sp³-hybridized carbons (Fsp3) is 0.438. The van der Waals surface area contributed by atoms with Gasteiger partial charge in [0.25, 0.3) is 11.8 Å². The van der Waals surface area contributed by atoms with E-state index in [2.05, 4.69) is 10.4 Å². The maximum atomic E-state index is 13.6. The summed E-state index contributed by atoms with van der Waals surface area (Å²) in [5.41, 5.74) is 1.78. The van der Waals surface area contributed by atoms with Crippen LogP contribution in [-0.2, 0) is 15.1 Å². The molecule has 3 aromatic rings. The molecule has 230 valence electrons. The molecule has 0 unspecified atom stereocenters. The number of likely N-dealkylation sites (tertiary alicyclic amines) is 1. The molecule has 1 N–H and O–H groups in total. The van der Waals surface area contributed by atoms with E-state index in [0.717, 1.165) is 0 Å².